The molecule has 0 saturated heterocycles. The Labute approximate surface area is 152 Å². The Balaban J connectivity index is 2.26. The second-order valence-corrected chi connectivity index (χ2v) is 5.42. The van der Waals surface area contributed by atoms with Crippen molar-refractivity contribution >= 4 is 23.5 Å². The average Bonchev–Trinajstić information content (AvgIpc) is 2.64. The summed E-state index contributed by atoms with van der Waals surface area (Å²) in [5.74, 6) is 1.12. The first-order chi connectivity index (χ1) is 12.5. The van der Waals surface area contributed by atoms with Crippen molar-refractivity contribution < 1.29 is 23.8 Å². The lowest BCUT2D eigenvalue weighted by molar-refractivity contribution is -0.114. The highest BCUT2D eigenvalue weighted by Gasteiger charge is 2.12. The van der Waals surface area contributed by atoms with E-state index >= 15 is 0 Å². The molecule has 0 radical (unpaired) electrons. The fourth-order valence-electron chi connectivity index (χ4n) is 2.42. The van der Waals surface area contributed by atoms with Crippen LogP contribution < -0.4 is 19.5 Å². The van der Waals surface area contributed by atoms with Crippen LogP contribution in [0.1, 0.15) is 22.8 Å². The minimum atomic E-state index is -0.192. The minimum Gasteiger partial charge on any atom is -0.493 e. The topological polar surface area (TPSA) is 73.9 Å². The highest BCUT2D eigenvalue weighted by molar-refractivity contribution is 6.07. The van der Waals surface area contributed by atoms with E-state index in [4.69, 9.17) is 14.2 Å². The number of hydrogen-bond acceptors (Lipinski definition) is 5. The number of allylic oxidation sites excluding steroid dienone is 1. The number of nitrogens with one attached hydrogen (secondary N) is 1. The van der Waals surface area contributed by atoms with Crippen LogP contribution in [0.2, 0.25) is 0 Å². The van der Waals surface area contributed by atoms with E-state index in [0.717, 1.165) is 5.56 Å². The van der Waals surface area contributed by atoms with Gasteiger partial charge in [-0.2, -0.15) is 0 Å². The van der Waals surface area contributed by atoms with Gasteiger partial charge in [0.25, 0.3) is 0 Å². The summed E-state index contributed by atoms with van der Waals surface area (Å²) in [7, 11) is 4.59. The molecule has 1 N–H and O–H groups in total. The molecule has 6 heteroatoms. The molecule has 136 valence electrons. The molecule has 0 aliphatic carbocycles. The molecule has 2 aromatic rings. The van der Waals surface area contributed by atoms with Crippen LogP contribution in [0.15, 0.2) is 42.5 Å². The number of ether oxygens (including phenoxy) is 3. The maximum atomic E-state index is 12.4. The molecule has 0 atom stereocenters. The van der Waals surface area contributed by atoms with E-state index in [-0.39, 0.29) is 11.7 Å². The predicted molar refractivity (Wildman–Crippen MR) is 100 cm³/mol. The van der Waals surface area contributed by atoms with Crippen LogP contribution >= 0.6 is 0 Å². The molecule has 26 heavy (non-hydrogen) atoms. The number of ketones is 1. The van der Waals surface area contributed by atoms with E-state index in [0.29, 0.717) is 28.5 Å². The largest absolute Gasteiger partial charge is 0.493 e. The molecule has 0 bridgehead atoms. The maximum Gasteiger partial charge on any atom is 0.221 e. The zero-order valence-corrected chi connectivity index (χ0v) is 15.2. The Kier molecular flexibility index (Phi) is 6.38. The van der Waals surface area contributed by atoms with Crippen molar-refractivity contribution in [2.24, 2.45) is 0 Å². The Morgan fingerprint density at radius 3 is 2.15 bits per heavy atom. The molecule has 0 heterocycles. The molecule has 0 saturated carbocycles. The Morgan fingerprint density at radius 1 is 0.962 bits per heavy atom. The average molecular weight is 355 g/mol. The standard InChI is InChI=1S/C20H21NO5/c1-13(22)21-16-7-5-6-15(12-16)17(23)9-8-14-10-18(24-2)20(26-4)19(11-14)25-3/h5-12H,1-4H3,(H,21,22)/b9-8+. The number of benzene rings is 2. The molecule has 0 spiro atoms. The van der Waals surface area contributed by atoms with Crippen molar-refractivity contribution in [3.05, 3.63) is 53.6 Å². The minimum absolute atomic E-state index is 0.189. The molecular formula is C20H21NO5. The zero-order chi connectivity index (χ0) is 19.1. The molecule has 2 aromatic carbocycles. The molecular weight excluding hydrogens is 334 g/mol. The van der Waals surface area contributed by atoms with Gasteiger partial charge in [0.2, 0.25) is 11.7 Å². The van der Waals surface area contributed by atoms with Crippen molar-refractivity contribution in [2.75, 3.05) is 26.6 Å². The van der Waals surface area contributed by atoms with Crippen molar-refractivity contribution in [1.82, 2.24) is 0 Å². The van der Waals surface area contributed by atoms with Gasteiger partial charge in [-0.25, -0.2) is 0 Å². The lowest BCUT2D eigenvalue weighted by Crippen LogP contribution is -2.06. The zero-order valence-electron chi connectivity index (χ0n) is 15.2. The van der Waals surface area contributed by atoms with Crippen molar-refractivity contribution in [2.45, 2.75) is 6.92 Å². The SMILES string of the molecule is COc1cc(/C=C/C(=O)c2cccc(NC(C)=O)c2)cc(OC)c1OC. The third kappa shape index (κ3) is 4.63. The van der Waals surface area contributed by atoms with Gasteiger partial charge in [0.1, 0.15) is 0 Å². The van der Waals surface area contributed by atoms with Crippen LogP contribution in [0.5, 0.6) is 17.2 Å². The van der Waals surface area contributed by atoms with Crippen molar-refractivity contribution in [1.29, 1.82) is 0 Å². The monoisotopic (exact) mass is 355 g/mol. The highest BCUT2D eigenvalue weighted by atomic mass is 16.5. The van der Waals surface area contributed by atoms with Gasteiger partial charge in [0, 0.05) is 18.2 Å². The summed E-state index contributed by atoms with van der Waals surface area (Å²) in [6.45, 7) is 1.42. The quantitative estimate of drug-likeness (QED) is 0.607. The highest BCUT2D eigenvalue weighted by Crippen LogP contribution is 2.38. The molecule has 6 nitrogen and oxygen atoms in total. The molecule has 0 fully saturated rings. The van der Waals surface area contributed by atoms with Gasteiger partial charge in [0.05, 0.1) is 21.3 Å². The van der Waals surface area contributed by atoms with Gasteiger partial charge < -0.3 is 19.5 Å². The van der Waals surface area contributed by atoms with Crippen LogP contribution in [0.4, 0.5) is 5.69 Å². The number of amides is 1. The van der Waals surface area contributed by atoms with E-state index in [2.05, 4.69) is 5.32 Å². The van der Waals surface area contributed by atoms with Crippen molar-refractivity contribution in [3.8, 4) is 17.2 Å². The molecule has 0 aliphatic rings. The van der Waals surface area contributed by atoms with Gasteiger partial charge in [-0.3, -0.25) is 9.59 Å². The summed E-state index contributed by atoms with van der Waals surface area (Å²) < 4.78 is 15.9. The first kappa shape index (κ1) is 19.1. The third-order valence-corrected chi connectivity index (χ3v) is 3.58. The Bertz CT molecular complexity index is 817. The number of methoxy groups -OCH3 is 3. The lowest BCUT2D eigenvalue weighted by Gasteiger charge is -2.12. The van der Waals surface area contributed by atoms with Crippen LogP contribution in [-0.2, 0) is 4.79 Å². The number of anilines is 1. The van der Waals surface area contributed by atoms with E-state index in [9.17, 15) is 9.59 Å². The first-order valence-corrected chi connectivity index (χ1v) is 7.88. The normalized spacial score (nSPS) is 10.5. The van der Waals surface area contributed by atoms with E-state index in [1.165, 1.54) is 34.3 Å². The van der Waals surface area contributed by atoms with E-state index < -0.39 is 0 Å². The van der Waals surface area contributed by atoms with E-state index in [1.54, 1.807) is 42.5 Å². The van der Waals surface area contributed by atoms with Crippen LogP contribution in [0.25, 0.3) is 6.08 Å². The Morgan fingerprint density at radius 2 is 1.62 bits per heavy atom. The smallest absolute Gasteiger partial charge is 0.221 e. The fraction of sp³-hybridized carbons (Fsp3) is 0.200. The first-order valence-electron chi connectivity index (χ1n) is 7.88. The predicted octanol–water partition coefficient (Wildman–Crippen LogP) is 3.57. The lowest BCUT2D eigenvalue weighted by atomic mass is 10.1. The Hall–Kier alpha value is -3.28. The summed E-state index contributed by atoms with van der Waals surface area (Å²) >= 11 is 0. The van der Waals surface area contributed by atoms with Crippen LogP contribution in [0.3, 0.4) is 0 Å². The molecule has 0 aromatic heterocycles. The molecule has 2 rings (SSSR count). The van der Waals surface area contributed by atoms with Gasteiger partial charge in [-0.15, -0.1) is 0 Å². The summed E-state index contributed by atoms with van der Waals surface area (Å²) in [5, 5.41) is 2.65. The number of carbonyl (C=O) groups excluding carboxylic acids is 2. The van der Waals surface area contributed by atoms with Crippen LogP contribution in [-0.4, -0.2) is 33.0 Å². The summed E-state index contributed by atoms with van der Waals surface area (Å²) in [6.07, 6.45) is 3.12. The summed E-state index contributed by atoms with van der Waals surface area (Å²) in [5.41, 5.74) is 1.77. The summed E-state index contributed by atoms with van der Waals surface area (Å²) in [4.78, 5) is 23.5. The molecule has 1 amide bonds. The van der Waals surface area contributed by atoms with Crippen LogP contribution in [0, 0.1) is 0 Å². The third-order valence-electron chi connectivity index (χ3n) is 3.58. The maximum absolute atomic E-state index is 12.4. The fourth-order valence-corrected chi connectivity index (χ4v) is 2.42. The number of rotatable bonds is 7. The molecule has 0 aliphatic heterocycles. The van der Waals surface area contributed by atoms with Gasteiger partial charge >= 0.3 is 0 Å². The van der Waals surface area contributed by atoms with Gasteiger partial charge in [-0.05, 0) is 35.9 Å². The molecule has 0 unspecified atom stereocenters. The number of hydrogen-bond donors (Lipinski definition) is 1. The van der Waals surface area contributed by atoms with Gasteiger partial charge in [0.15, 0.2) is 17.3 Å². The second-order valence-electron chi connectivity index (χ2n) is 5.42. The van der Waals surface area contributed by atoms with E-state index in [1.807, 2.05) is 0 Å². The summed E-state index contributed by atoms with van der Waals surface area (Å²) in [6, 6.07) is 10.3. The number of carbonyl (C=O) groups is 2. The van der Waals surface area contributed by atoms with Crippen molar-refractivity contribution in [3.63, 3.8) is 0 Å². The van der Waals surface area contributed by atoms with Gasteiger partial charge in [-0.1, -0.05) is 18.2 Å². The second kappa shape index (κ2) is 8.71.